The number of anilines is 1. The zero-order valence-electron chi connectivity index (χ0n) is 16.0. The van der Waals surface area contributed by atoms with E-state index < -0.39 is 10.0 Å². The van der Waals surface area contributed by atoms with Crippen molar-refractivity contribution in [2.75, 3.05) is 5.01 Å². The summed E-state index contributed by atoms with van der Waals surface area (Å²) in [6.45, 7) is 1.95. The molecule has 150 valence electrons. The highest BCUT2D eigenvalue weighted by Crippen LogP contribution is 2.38. The van der Waals surface area contributed by atoms with Crippen LogP contribution in [0.3, 0.4) is 0 Å². The van der Waals surface area contributed by atoms with Crippen LogP contribution in [0.1, 0.15) is 29.3 Å². The molecule has 3 aromatic rings. The number of nitrogens with zero attached hydrogens (tertiary/aromatic N) is 4. The van der Waals surface area contributed by atoms with Gasteiger partial charge in [0.15, 0.2) is 0 Å². The van der Waals surface area contributed by atoms with Crippen molar-refractivity contribution in [3.05, 3.63) is 71.5 Å². The lowest BCUT2D eigenvalue weighted by Gasteiger charge is -2.23. The van der Waals surface area contributed by atoms with Gasteiger partial charge in [0.2, 0.25) is 10.0 Å². The number of sulfonamides is 1. The summed E-state index contributed by atoms with van der Waals surface area (Å²) in [5.41, 5.74) is 4.48. The standard InChI is InChI=1S/C20H21N5O3S/c1-13-18(12-24(2)22-13)20-11-19(14-3-7-16(26)8-4-14)23-25(20)15-5-9-17(10-6-15)29(21,27)28/h3-10,12,20,26H,11H2,1-2H3,(H2,21,27,28)/t20-/m1/s1. The zero-order chi connectivity index (χ0) is 20.8. The Hall–Kier alpha value is -3.17. The van der Waals surface area contributed by atoms with E-state index in [-0.39, 0.29) is 16.7 Å². The summed E-state index contributed by atoms with van der Waals surface area (Å²) in [5.74, 6) is 0.197. The number of rotatable bonds is 4. The van der Waals surface area contributed by atoms with Crippen molar-refractivity contribution in [2.45, 2.75) is 24.3 Å². The lowest BCUT2D eigenvalue weighted by Crippen LogP contribution is -2.19. The Balaban J connectivity index is 1.77. The normalized spacial score (nSPS) is 16.9. The minimum absolute atomic E-state index is 0.0530. The number of nitrogens with two attached hydrogens (primary N) is 1. The highest BCUT2D eigenvalue weighted by molar-refractivity contribution is 7.89. The molecule has 0 aliphatic carbocycles. The molecule has 1 aliphatic rings. The van der Waals surface area contributed by atoms with Crippen LogP contribution in [-0.2, 0) is 17.1 Å². The molecule has 4 rings (SSSR count). The van der Waals surface area contributed by atoms with E-state index in [0.29, 0.717) is 6.42 Å². The van der Waals surface area contributed by atoms with Crippen LogP contribution in [0.25, 0.3) is 0 Å². The molecule has 3 N–H and O–H groups in total. The maximum absolute atomic E-state index is 11.6. The van der Waals surface area contributed by atoms with E-state index in [2.05, 4.69) is 5.10 Å². The van der Waals surface area contributed by atoms with E-state index in [4.69, 9.17) is 10.2 Å². The topological polar surface area (TPSA) is 114 Å². The van der Waals surface area contributed by atoms with E-state index >= 15 is 0 Å². The molecule has 2 aromatic carbocycles. The maximum atomic E-state index is 11.6. The van der Waals surface area contributed by atoms with Crippen LogP contribution in [0.4, 0.5) is 5.69 Å². The van der Waals surface area contributed by atoms with Crippen LogP contribution in [-0.4, -0.2) is 29.0 Å². The smallest absolute Gasteiger partial charge is 0.238 e. The first-order valence-corrected chi connectivity index (χ1v) is 10.6. The molecule has 0 spiro atoms. The van der Waals surface area contributed by atoms with E-state index in [1.54, 1.807) is 28.9 Å². The second kappa shape index (κ2) is 7.02. The molecule has 1 atom stereocenters. The minimum atomic E-state index is -3.76. The van der Waals surface area contributed by atoms with Gasteiger partial charge in [-0.15, -0.1) is 0 Å². The minimum Gasteiger partial charge on any atom is -0.508 e. The van der Waals surface area contributed by atoms with E-state index in [1.807, 2.05) is 37.3 Å². The van der Waals surface area contributed by atoms with Crippen molar-refractivity contribution in [3.8, 4) is 5.75 Å². The molecule has 1 aromatic heterocycles. The first kappa shape index (κ1) is 19.2. The molecule has 1 aliphatic heterocycles. The number of hydrogen-bond donors (Lipinski definition) is 2. The molecule has 29 heavy (non-hydrogen) atoms. The fourth-order valence-electron chi connectivity index (χ4n) is 3.55. The number of primary sulfonamides is 1. The molecule has 9 heteroatoms. The fourth-order valence-corrected chi connectivity index (χ4v) is 4.07. The van der Waals surface area contributed by atoms with Crippen LogP contribution in [0.5, 0.6) is 5.75 Å². The van der Waals surface area contributed by atoms with Gasteiger partial charge < -0.3 is 5.11 Å². The van der Waals surface area contributed by atoms with Gasteiger partial charge in [0.05, 0.1) is 28.0 Å². The van der Waals surface area contributed by atoms with Crippen LogP contribution in [0.2, 0.25) is 0 Å². The van der Waals surface area contributed by atoms with Gasteiger partial charge in [-0.1, -0.05) is 0 Å². The van der Waals surface area contributed by atoms with Crippen LogP contribution in [0.15, 0.2) is 64.7 Å². The number of hydrazone groups is 1. The third kappa shape index (κ3) is 3.74. The number of aromatic hydroxyl groups is 1. The van der Waals surface area contributed by atoms with Gasteiger partial charge in [0.25, 0.3) is 0 Å². The average Bonchev–Trinajstić information content (AvgIpc) is 3.24. The molecule has 0 bridgehead atoms. The monoisotopic (exact) mass is 411 g/mol. The summed E-state index contributed by atoms with van der Waals surface area (Å²) >= 11 is 0. The van der Waals surface area contributed by atoms with Gasteiger partial charge in [-0.05, 0) is 61.0 Å². The Morgan fingerprint density at radius 1 is 1.10 bits per heavy atom. The summed E-state index contributed by atoms with van der Waals surface area (Å²) in [5, 5.41) is 25.9. The molecular weight excluding hydrogens is 390 g/mol. The van der Waals surface area contributed by atoms with Crippen LogP contribution < -0.4 is 10.1 Å². The third-order valence-electron chi connectivity index (χ3n) is 4.95. The Morgan fingerprint density at radius 3 is 2.31 bits per heavy atom. The van der Waals surface area contributed by atoms with Crippen molar-refractivity contribution in [2.24, 2.45) is 17.3 Å². The van der Waals surface area contributed by atoms with Gasteiger partial charge >= 0.3 is 0 Å². The largest absolute Gasteiger partial charge is 0.508 e. The van der Waals surface area contributed by atoms with Crippen molar-refractivity contribution >= 4 is 21.4 Å². The number of phenolic OH excluding ortho intramolecular Hbond substituents is 1. The van der Waals surface area contributed by atoms with Gasteiger partial charge in [-0.2, -0.15) is 10.2 Å². The number of phenols is 1. The highest BCUT2D eigenvalue weighted by atomic mass is 32.2. The number of benzene rings is 2. The predicted octanol–water partition coefficient (Wildman–Crippen LogP) is 2.44. The maximum Gasteiger partial charge on any atom is 0.238 e. The second-order valence-corrected chi connectivity index (χ2v) is 8.60. The number of aryl methyl sites for hydroxylation is 2. The molecule has 0 saturated carbocycles. The number of aromatic nitrogens is 2. The lowest BCUT2D eigenvalue weighted by molar-refractivity contribution is 0.475. The zero-order valence-corrected chi connectivity index (χ0v) is 16.8. The molecule has 2 heterocycles. The fraction of sp³-hybridized carbons (Fsp3) is 0.200. The summed E-state index contributed by atoms with van der Waals surface area (Å²) in [6.07, 6.45) is 2.62. The molecule has 0 amide bonds. The molecular formula is C20H21N5O3S. The predicted molar refractivity (Wildman–Crippen MR) is 110 cm³/mol. The summed E-state index contributed by atoms with van der Waals surface area (Å²) in [6, 6.07) is 13.2. The van der Waals surface area contributed by atoms with Gasteiger partial charge in [-0.25, -0.2) is 13.6 Å². The Bertz CT molecular complexity index is 1180. The summed E-state index contributed by atoms with van der Waals surface area (Å²) < 4.78 is 24.9. The number of hydrogen-bond acceptors (Lipinski definition) is 6. The summed E-state index contributed by atoms with van der Waals surface area (Å²) in [7, 11) is -1.89. The van der Waals surface area contributed by atoms with E-state index in [0.717, 1.165) is 28.2 Å². The van der Waals surface area contributed by atoms with Crippen molar-refractivity contribution in [1.82, 2.24) is 9.78 Å². The highest BCUT2D eigenvalue weighted by Gasteiger charge is 2.32. The molecule has 0 radical (unpaired) electrons. The molecule has 0 saturated heterocycles. The van der Waals surface area contributed by atoms with E-state index in [9.17, 15) is 13.5 Å². The Morgan fingerprint density at radius 2 is 1.76 bits per heavy atom. The van der Waals surface area contributed by atoms with Crippen LogP contribution in [0, 0.1) is 6.92 Å². The first-order valence-electron chi connectivity index (χ1n) is 9.01. The Kier molecular flexibility index (Phi) is 4.64. The second-order valence-electron chi connectivity index (χ2n) is 7.04. The molecule has 8 nitrogen and oxygen atoms in total. The lowest BCUT2D eigenvalue weighted by atomic mass is 9.98. The van der Waals surface area contributed by atoms with E-state index in [1.165, 1.54) is 12.1 Å². The molecule has 0 fully saturated rings. The van der Waals surface area contributed by atoms with Crippen LogP contribution >= 0.6 is 0 Å². The summed E-state index contributed by atoms with van der Waals surface area (Å²) in [4.78, 5) is 0.0530. The van der Waals surface area contributed by atoms with Crippen molar-refractivity contribution in [1.29, 1.82) is 0 Å². The molecule has 0 unspecified atom stereocenters. The van der Waals surface area contributed by atoms with Crippen molar-refractivity contribution < 1.29 is 13.5 Å². The van der Waals surface area contributed by atoms with Crippen molar-refractivity contribution in [3.63, 3.8) is 0 Å². The van der Waals surface area contributed by atoms with Gasteiger partial charge in [-0.3, -0.25) is 9.69 Å². The SMILES string of the molecule is Cc1nn(C)cc1[C@H]1CC(c2ccc(O)cc2)=NN1c1ccc(S(N)(=O)=O)cc1. The quantitative estimate of drug-likeness (QED) is 0.684. The van der Waals surface area contributed by atoms with Gasteiger partial charge in [0, 0.05) is 25.2 Å². The van der Waals surface area contributed by atoms with Gasteiger partial charge in [0.1, 0.15) is 5.75 Å². The first-order chi connectivity index (χ1) is 13.7. The third-order valence-corrected chi connectivity index (χ3v) is 5.88. The Labute approximate surface area is 168 Å². The average molecular weight is 411 g/mol.